The van der Waals surface area contributed by atoms with Crippen molar-refractivity contribution in [3.8, 4) is 94.7 Å². The Morgan fingerprint density at radius 2 is 0.500 bits per heavy atom. The first-order valence-corrected chi connectivity index (χ1v) is 45.9. The summed E-state index contributed by atoms with van der Waals surface area (Å²) in [7, 11) is 0. The number of rotatable bonds is 13. The van der Waals surface area contributed by atoms with E-state index in [-0.39, 0.29) is 10.8 Å². The minimum atomic E-state index is -0.109. The first-order valence-electron chi connectivity index (χ1n) is 43.5. The lowest BCUT2D eigenvalue weighted by molar-refractivity contribution is 0.660. The van der Waals surface area contributed by atoms with E-state index >= 15 is 0 Å². The molecule has 4 heterocycles. The average molecular weight is 1660 g/mol. The van der Waals surface area contributed by atoms with Crippen LogP contribution in [0.15, 0.2) is 431 Å². The zero-order valence-electron chi connectivity index (χ0n) is 70.1. The SMILES string of the molecule is CC1(C)c2ccccc2-c2ccc(N(c3ccc(-c4ccccc4)cc3)c3ccc(-c4cc(-c5ccc(-n6c7ccccc7c7ccccc76)cc5)c5sc6ccccc6c5c4)cc3)cc21.CC1(C)c2ccccc2-c2ccc(N(c3ccc(-c4ccccc4)cc3)c3ccc(-c4cc(-c5ccc6sc7ccccc7c6c5)c5sc6ccccc6c5c4)cc3)cc21. The number of hydrogen-bond donors (Lipinski definition) is 0. The minimum Gasteiger partial charge on any atom is -0.310 e. The number of para-hydroxylation sites is 2. The summed E-state index contributed by atoms with van der Waals surface area (Å²) in [6, 6.07) is 159. The van der Waals surface area contributed by atoms with Crippen LogP contribution >= 0.6 is 34.0 Å². The second-order valence-corrected chi connectivity index (χ2v) is 37.8. The second kappa shape index (κ2) is 30.0. The maximum Gasteiger partial charge on any atom is 0.0541 e. The van der Waals surface area contributed by atoms with Crippen LogP contribution in [0.3, 0.4) is 0 Å². The summed E-state index contributed by atoms with van der Waals surface area (Å²) < 4.78 is 10.3. The highest BCUT2D eigenvalue weighted by Gasteiger charge is 2.38. The molecule has 0 radical (unpaired) electrons. The van der Waals surface area contributed by atoms with Crippen LogP contribution in [0.25, 0.3) is 177 Å². The molecule has 2 aliphatic rings. The molecule has 4 aromatic heterocycles. The Labute approximate surface area is 745 Å². The first kappa shape index (κ1) is 75.0. The highest BCUT2D eigenvalue weighted by atomic mass is 32.1. The van der Waals surface area contributed by atoms with Crippen molar-refractivity contribution in [3.05, 3.63) is 453 Å². The van der Waals surface area contributed by atoms with Crippen LogP contribution in [0.4, 0.5) is 34.1 Å². The largest absolute Gasteiger partial charge is 0.310 e. The maximum atomic E-state index is 2.42. The summed E-state index contributed by atoms with van der Waals surface area (Å²) in [5, 5.41) is 10.4. The molecule has 596 valence electrons. The molecule has 0 spiro atoms. The fourth-order valence-electron chi connectivity index (χ4n) is 20.3. The van der Waals surface area contributed by atoms with Crippen molar-refractivity contribution in [2.24, 2.45) is 0 Å². The third-order valence-electron chi connectivity index (χ3n) is 26.7. The maximum absolute atomic E-state index is 2.42. The van der Waals surface area contributed by atoms with Crippen LogP contribution in [0.2, 0.25) is 0 Å². The van der Waals surface area contributed by atoms with E-state index in [0.29, 0.717) is 0 Å². The van der Waals surface area contributed by atoms with E-state index < -0.39 is 0 Å². The molecule has 23 aromatic rings. The molecule has 6 heteroatoms. The molecule has 0 bridgehead atoms. The van der Waals surface area contributed by atoms with Crippen molar-refractivity contribution in [1.82, 2.24) is 4.57 Å². The molecule has 0 fully saturated rings. The summed E-state index contributed by atoms with van der Waals surface area (Å²) in [6.45, 7) is 9.43. The Balaban J connectivity index is 0.000000142. The summed E-state index contributed by atoms with van der Waals surface area (Å²) in [5.41, 5.74) is 35.6. The Bertz CT molecular complexity index is 8180. The Hall–Kier alpha value is -14.8. The zero-order valence-corrected chi connectivity index (χ0v) is 72.5. The summed E-state index contributed by atoms with van der Waals surface area (Å²) >= 11 is 5.66. The standard InChI is InChI=1S/C63H44N2S.C57H39NS2/c1-63(2)57-20-10-6-16-50(57)51-37-36-49(40-58(51)63)64(46-30-24-42(25-31-46)41-14-4-3-5-15-41)47-32-26-43(27-33-47)45-38-55(62-56(39-45)54-19-9-13-23-61(54)66-62)44-28-34-48(35-29-44)65-59-21-11-7-17-52(59)53-18-8-12-22-60(53)65;1-57(2)51-17-9-6-14-44(51)45-30-29-43(35-52(45)57)58(41-25-20-37(21-26-41)36-12-4-3-5-13-36)42-27-22-38(23-28-42)40-33-48(56-50(34-40)47-16-8-11-19-54(47)60-56)39-24-31-55-49(32-39)46-15-7-10-18-53(46)59-55/h3-40H,1-2H3;3-35H,1-2H3. The van der Waals surface area contributed by atoms with Crippen molar-refractivity contribution in [2.75, 3.05) is 9.80 Å². The predicted molar refractivity (Wildman–Crippen MR) is 543 cm³/mol. The van der Waals surface area contributed by atoms with Crippen LogP contribution in [0.5, 0.6) is 0 Å². The van der Waals surface area contributed by atoms with Gasteiger partial charge in [-0.3, -0.25) is 0 Å². The van der Waals surface area contributed by atoms with Crippen LogP contribution in [0.1, 0.15) is 49.9 Å². The molecule has 0 saturated heterocycles. The van der Waals surface area contributed by atoms with Gasteiger partial charge in [0.1, 0.15) is 0 Å². The monoisotopic (exact) mass is 1660 g/mol. The van der Waals surface area contributed by atoms with E-state index in [1.165, 1.54) is 194 Å². The number of anilines is 6. The number of thiophene rings is 3. The molecule has 2 aliphatic carbocycles. The van der Waals surface area contributed by atoms with Gasteiger partial charge in [-0.2, -0.15) is 0 Å². The van der Waals surface area contributed by atoms with Crippen molar-refractivity contribution in [3.63, 3.8) is 0 Å². The van der Waals surface area contributed by atoms with Gasteiger partial charge in [-0.1, -0.05) is 307 Å². The number of fused-ring (bicyclic) bond motifs is 18. The molecule has 0 aliphatic heterocycles. The molecule has 19 aromatic carbocycles. The highest BCUT2D eigenvalue weighted by Crippen LogP contribution is 2.55. The average Bonchev–Trinajstić information content (AvgIpc) is 1.62. The summed E-state index contributed by atoms with van der Waals surface area (Å²) in [4.78, 5) is 4.83. The van der Waals surface area contributed by atoms with Crippen molar-refractivity contribution < 1.29 is 0 Å². The van der Waals surface area contributed by atoms with E-state index in [4.69, 9.17) is 0 Å². The number of nitrogens with zero attached hydrogens (tertiary/aromatic N) is 3. The number of hydrogen-bond acceptors (Lipinski definition) is 5. The molecule has 0 unspecified atom stereocenters. The quantitative estimate of drug-likeness (QED) is 0.114. The van der Waals surface area contributed by atoms with Gasteiger partial charge in [-0.15, -0.1) is 34.0 Å². The molecular weight excluding hydrogens is 1580 g/mol. The van der Waals surface area contributed by atoms with E-state index in [9.17, 15) is 0 Å². The van der Waals surface area contributed by atoms with E-state index in [1.54, 1.807) is 0 Å². The molecule has 0 atom stereocenters. The second-order valence-electron chi connectivity index (χ2n) is 34.6. The Morgan fingerprint density at radius 3 is 0.944 bits per heavy atom. The van der Waals surface area contributed by atoms with Crippen molar-refractivity contribution >= 4 is 150 Å². The molecule has 0 saturated carbocycles. The van der Waals surface area contributed by atoms with Gasteiger partial charge < -0.3 is 14.4 Å². The zero-order chi connectivity index (χ0) is 83.9. The fourth-order valence-corrected chi connectivity index (χ4v) is 23.9. The van der Waals surface area contributed by atoms with Gasteiger partial charge in [0.2, 0.25) is 0 Å². The molecule has 0 amide bonds. The first-order chi connectivity index (χ1) is 61.9. The normalized spacial score (nSPS) is 12.9. The Morgan fingerprint density at radius 1 is 0.190 bits per heavy atom. The summed E-state index contributed by atoms with van der Waals surface area (Å²) in [5.74, 6) is 0. The van der Waals surface area contributed by atoms with Gasteiger partial charge in [0.25, 0.3) is 0 Å². The van der Waals surface area contributed by atoms with Crippen LogP contribution in [-0.4, -0.2) is 4.57 Å². The summed E-state index contributed by atoms with van der Waals surface area (Å²) in [6.07, 6.45) is 0. The molecule has 25 rings (SSSR count). The lowest BCUT2D eigenvalue weighted by Crippen LogP contribution is -2.16. The van der Waals surface area contributed by atoms with Gasteiger partial charge in [-0.25, -0.2) is 0 Å². The molecule has 126 heavy (non-hydrogen) atoms. The van der Waals surface area contributed by atoms with Crippen LogP contribution in [0, 0.1) is 0 Å². The number of benzene rings is 19. The molecule has 3 nitrogen and oxygen atoms in total. The third-order valence-corrected chi connectivity index (χ3v) is 30.3. The lowest BCUT2D eigenvalue weighted by atomic mass is 9.82. The number of aromatic nitrogens is 1. The topological polar surface area (TPSA) is 11.4 Å². The smallest absolute Gasteiger partial charge is 0.0541 e. The Kier molecular flexibility index (Phi) is 17.9. The van der Waals surface area contributed by atoms with E-state index in [2.05, 4.69) is 473 Å². The molecule has 0 N–H and O–H groups in total. The van der Waals surface area contributed by atoms with Gasteiger partial charge >= 0.3 is 0 Å². The van der Waals surface area contributed by atoms with Gasteiger partial charge in [0.15, 0.2) is 0 Å². The highest BCUT2D eigenvalue weighted by molar-refractivity contribution is 7.27. The van der Waals surface area contributed by atoms with Gasteiger partial charge in [-0.05, 0) is 252 Å². The van der Waals surface area contributed by atoms with E-state index in [0.717, 1.165) is 39.8 Å². The van der Waals surface area contributed by atoms with Gasteiger partial charge in [0.05, 0.1) is 11.0 Å². The van der Waals surface area contributed by atoms with Crippen molar-refractivity contribution in [2.45, 2.75) is 38.5 Å². The fraction of sp³-hybridized carbons (Fsp3) is 0.0500. The van der Waals surface area contributed by atoms with Crippen LogP contribution < -0.4 is 9.80 Å². The van der Waals surface area contributed by atoms with Crippen molar-refractivity contribution in [1.29, 1.82) is 0 Å². The van der Waals surface area contributed by atoms with E-state index in [1.807, 2.05) is 34.0 Å². The predicted octanol–water partition coefficient (Wildman–Crippen LogP) is 35.1. The molecular formula is C120H83N3S3. The lowest BCUT2D eigenvalue weighted by Gasteiger charge is -2.28. The third kappa shape index (κ3) is 12.6. The van der Waals surface area contributed by atoms with Crippen LogP contribution in [-0.2, 0) is 10.8 Å². The van der Waals surface area contributed by atoms with Gasteiger partial charge in [0, 0.05) is 133 Å². The minimum absolute atomic E-state index is 0.0993.